The summed E-state index contributed by atoms with van der Waals surface area (Å²) in [4.78, 5) is 0. The van der Waals surface area contributed by atoms with Crippen LogP contribution in [-0.2, 0) is 12.8 Å². The molecule has 2 aliphatic rings. The molecule has 0 spiro atoms. The monoisotopic (exact) mass is 854 g/mol. The van der Waals surface area contributed by atoms with Gasteiger partial charge in [-0.3, -0.25) is 0 Å². The van der Waals surface area contributed by atoms with Crippen LogP contribution < -0.4 is 27.1 Å². The van der Waals surface area contributed by atoms with E-state index in [1.54, 1.807) is 0 Å². The van der Waals surface area contributed by atoms with Crippen LogP contribution in [0.2, 0.25) is 0 Å². The molecule has 8 aromatic carbocycles. The Labute approximate surface area is 366 Å². The number of rotatable bonds is 7. The van der Waals surface area contributed by atoms with Crippen LogP contribution in [0.1, 0.15) is 84.0 Å². The van der Waals surface area contributed by atoms with Crippen molar-refractivity contribution in [1.82, 2.24) is 0 Å². The molecule has 8 aromatic rings. The smallest absolute Gasteiger partial charge is 0.408 e. The Balaban J connectivity index is 1.12. The van der Waals surface area contributed by atoms with E-state index in [0.717, 1.165) is 100 Å². The number of fused-ring (bicyclic) bond motifs is 6. The molecule has 0 aromatic heterocycles. The Bertz CT molecular complexity index is 2880. The quantitative estimate of drug-likeness (QED) is 0.149. The minimum Gasteiger partial charge on any atom is -0.408 e. The number of hydrogen-bond donors (Lipinski definition) is 0. The van der Waals surface area contributed by atoms with E-state index in [1.807, 2.05) is 6.07 Å². The lowest BCUT2D eigenvalue weighted by Crippen LogP contribution is -2.12. The van der Waals surface area contributed by atoms with Crippen molar-refractivity contribution < 1.29 is 27.1 Å². The second kappa shape index (κ2) is 16.7. The first-order chi connectivity index (χ1) is 30.2. The molecule has 310 valence electrons. The van der Waals surface area contributed by atoms with Crippen LogP contribution in [0.3, 0.4) is 0 Å². The summed E-state index contributed by atoms with van der Waals surface area (Å²) >= 11 is 0. The largest absolute Gasteiger partial charge is 0.530 e. The van der Waals surface area contributed by atoms with Crippen LogP contribution in [0.5, 0.6) is 34.5 Å². The van der Waals surface area contributed by atoms with Crippen molar-refractivity contribution in [3.05, 3.63) is 190 Å². The summed E-state index contributed by atoms with van der Waals surface area (Å²) in [5.74, 6) is 4.96. The van der Waals surface area contributed by atoms with Gasteiger partial charge < -0.3 is 27.1 Å². The summed E-state index contributed by atoms with van der Waals surface area (Å²) in [6, 6.07) is 50.5. The molecule has 6 nitrogen and oxygen atoms in total. The Kier molecular flexibility index (Phi) is 10.8. The zero-order valence-electron chi connectivity index (χ0n) is 35.8. The first kappa shape index (κ1) is 40.0. The summed E-state index contributed by atoms with van der Waals surface area (Å²) in [5.41, 5.74) is 10.6. The van der Waals surface area contributed by atoms with Crippen LogP contribution in [0.15, 0.2) is 146 Å². The Morgan fingerprint density at radius 3 is 1.52 bits per heavy atom. The highest BCUT2D eigenvalue weighted by atomic mass is 31.2. The Morgan fingerprint density at radius 1 is 0.452 bits per heavy atom. The lowest BCUT2D eigenvalue weighted by Gasteiger charge is -2.28. The fourth-order valence-corrected chi connectivity index (χ4v) is 11.1. The van der Waals surface area contributed by atoms with Gasteiger partial charge in [0, 0.05) is 18.4 Å². The average molecular weight is 855 g/mol. The minimum atomic E-state index is -2.00. The van der Waals surface area contributed by atoms with E-state index < -0.39 is 17.2 Å². The van der Waals surface area contributed by atoms with Crippen molar-refractivity contribution in [2.45, 2.75) is 66.2 Å². The van der Waals surface area contributed by atoms with Crippen LogP contribution in [0.4, 0.5) is 0 Å². The first-order valence-corrected chi connectivity index (χ1v) is 23.5. The summed E-state index contributed by atoms with van der Waals surface area (Å²) < 4.78 is 41.5. The van der Waals surface area contributed by atoms with Crippen LogP contribution >= 0.6 is 17.2 Å². The molecule has 0 saturated carbocycles. The van der Waals surface area contributed by atoms with Gasteiger partial charge in [0.2, 0.25) is 0 Å². The van der Waals surface area contributed by atoms with E-state index in [0.29, 0.717) is 24.3 Å². The number of para-hydroxylation sites is 4. The molecule has 8 heteroatoms. The van der Waals surface area contributed by atoms with Gasteiger partial charge in [0.1, 0.15) is 34.5 Å². The van der Waals surface area contributed by atoms with E-state index in [-0.39, 0.29) is 11.8 Å². The first-order valence-electron chi connectivity index (χ1n) is 21.3. The highest BCUT2D eigenvalue weighted by Crippen LogP contribution is 2.54. The normalized spacial score (nSPS) is 13.9. The fraction of sp³-hybridized carbons (Fsp3) is 0.185. The number of aryl methyl sites for hydroxylation is 2. The predicted octanol–water partition coefficient (Wildman–Crippen LogP) is 15.9. The third-order valence-corrected chi connectivity index (χ3v) is 13.9. The van der Waals surface area contributed by atoms with E-state index in [1.165, 1.54) is 0 Å². The van der Waals surface area contributed by atoms with Crippen molar-refractivity contribution in [3.8, 4) is 45.6 Å². The van der Waals surface area contributed by atoms with Gasteiger partial charge in [-0.1, -0.05) is 155 Å². The van der Waals surface area contributed by atoms with Crippen molar-refractivity contribution in [2.75, 3.05) is 0 Å². The SMILES string of the molecule is Cc1cccc2c1OP(Oc1cc(-c3c(OP4Oc5c(cccc5C(C)C)Cc5cccc(C(C)C)c5O4)ccc4ccccc34)c3ccccc3c1)Oc1c(C)cccc1C2. The van der Waals surface area contributed by atoms with Gasteiger partial charge in [-0.05, 0) is 115 Å². The third kappa shape index (κ3) is 7.61. The molecular weight excluding hydrogens is 807 g/mol. The topological polar surface area (TPSA) is 55.4 Å². The molecule has 10 rings (SSSR count). The van der Waals surface area contributed by atoms with E-state index in [9.17, 15) is 0 Å². The van der Waals surface area contributed by atoms with Gasteiger partial charge in [-0.15, -0.1) is 0 Å². The average Bonchev–Trinajstić information content (AvgIpc) is 3.25. The fourth-order valence-electron chi connectivity index (χ4n) is 8.72. The van der Waals surface area contributed by atoms with Gasteiger partial charge in [0.05, 0.1) is 0 Å². The number of benzene rings is 8. The van der Waals surface area contributed by atoms with Crippen LogP contribution in [0, 0.1) is 13.8 Å². The minimum absolute atomic E-state index is 0.232. The molecule has 0 radical (unpaired) electrons. The van der Waals surface area contributed by atoms with E-state index in [4.69, 9.17) is 27.1 Å². The van der Waals surface area contributed by atoms with Crippen molar-refractivity contribution in [1.29, 1.82) is 0 Å². The second-order valence-electron chi connectivity index (χ2n) is 16.8. The highest BCUT2D eigenvalue weighted by molar-refractivity contribution is 7.43. The number of hydrogen-bond acceptors (Lipinski definition) is 6. The van der Waals surface area contributed by atoms with E-state index >= 15 is 0 Å². The van der Waals surface area contributed by atoms with Gasteiger partial charge in [-0.2, -0.15) is 0 Å². The molecule has 0 N–H and O–H groups in total. The summed E-state index contributed by atoms with van der Waals surface area (Å²) in [6.07, 6.45) is 1.40. The molecule has 0 saturated heterocycles. The molecule has 0 fully saturated rings. The molecular formula is C54H48O6P2. The predicted molar refractivity (Wildman–Crippen MR) is 254 cm³/mol. The van der Waals surface area contributed by atoms with Gasteiger partial charge in [0.25, 0.3) is 0 Å². The summed E-state index contributed by atoms with van der Waals surface area (Å²) in [7, 11) is -3.93. The molecule has 0 atom stereocenters. The second-order valence-corrected chi connectivity index (χ2v) is 18.8. The van der Waals surface area contributed by atoms with Crippen molar-refractivity contribution in [2.24, 2.45) is 0 Å². The van der Waals surface area contributed by atoms with Gasteiger partial charge in [-0.25, -0.2) is 0 Å². The lowest BCUT2D eigenvalue weighted by molar-refractivity contribution is 0.377. The third-order valence-electron chi connectivity index (χ3n) is 11.9. The summed E-state index contributed by atoms with van der Waals surface area (Å²) in [6.45, 7) is 12.9. The van der Waals surface area contributed by atoms with Gasteiger partial charge >= 0.3 is 17.2 Å². The molecule has 2 aliphatic heterocycles. The molecule has 0 unspecified atom stereocenters. The zero-order valence-corrected chi connectivity index (χ0v) is 37.6. The van der Waals surface area contributed by atoms with Crippen molar-refractivity contribution >= 4 is 38.7 Å². The van der Waals surface area contributed by atoms with Crippen LogP contribution in [0.25, 0.3) is 32.7 Å². The maximum absolute atomic E-state index is 7.18. The molecule has 62 heavy (non-hydrogen) atoms. The maximum atomic E-state index is 7.18. The van der Waals surface area contributed by atoms with E-state index in [2.05, 4.69) is 181 Å². The van der Waals surface area contributed by atoms with Gasteiger partial charge in [0.15, 0.2) is 0 Å². The molecule has 2 heterocycles. The highest BCUT2D eigenvalue weighted by Gasteiger charge is 2.32. The zero-order chi connectivity index (χ0) is 42.5. The molecule has 0 amide bonds. The Hall–Kier alpha value is -6.06. The van der Waals surface area contributed by atoms with Crippen LogP contribution in [-0.4, -0.2) is 0 Å². The standard InChI is InChI=1S/C54H48O6P2/c1-33(2)44-25-13-21-41-30-42-22-14-26-45(34(3)4)54(42)60-62(59-53(41)44)56-49-28-27-37-17-7-10-24-47(37)50(49)48-32-43(31-38-18-8-9-23-46(38)48)55-61-57-51-35(5)15-11-19-39(51)29-40-20-12-16-36(6)52(40)58-61/h7-28,31-34H,29-30H2,1-6H3. The van der Waals surface area contributed by atoms with Crippen molar-refractivity contribution in [3.63, 3.8) is 0 Å². The maximum Gasteiger partial charge on any atom is 0.530 e. The molecule has 0 bridgehead atoms. The summed E-state index contributed by atoms with van der Waals surface area (Å²) in [5, 5.41) is 4.15. The lowest BCUT2D eigenvalue weighted by atomic mass is 9.93. The molecule has 0 aliphatic carbocycles. The Morgan fingerprint density at radius 2 is 0.935 bits per heavy atom.